The predicted octanol–water partition coefficient (Wildman–Crippen LogP) is 2.46. The van der Waals surface area contributed by atoms with E-state index < -0.39 is 0 Å². The quantitative estimate of drug-likeness (QED) is 0.772. The molecule has 18 heavy (non-hydrogen) atoms. The second kappa shape index (κ2) is 4.91. The second-order valence-corrected chi connectivity index (χ2v) is 4.16. The van der Waals surface area contributed by atoms with Crippen molar-refractivity contribution in [2.24, 2.45) is 0 Å². The Hall–Kier alpha value is -2.30. The maximum Gasteiger partial charge on any atom is 0.159 e. The lowest BCUT2D eigenvalue weighted by atomic mass is 10.1. The van der Waals surface area contributed by atoms with Crippen molar-refractivity contribution in [1.29, 1.82) is 0 Å². The fourth-order valence-electron chi connectivity index (χ4n) is 1.65. The van der Waals surface area contributed by atoms with Crippen molar-refractivity contribution < 1.29 is 0 Å². The van der Waals surface area contributed by atoms with Crippen LogP contribution in [-0.2, 0) is 0 Å². The van der Waals surface area contributed by atoms with Crippen LogP contribution < -0.4 is 16.4 Å². The molecule has 2 aromatic rings. The van der Waals surface area contributed by atoms with Crippen LogP contribution in [0.5, 0.6) is 0 Å². The van der Waals surface area contributed by atoms with Crippen LogP contribution in [0.15, 0.2) is 24.5 Å². The third-order valence-electron chi connectivity index (χ3n) is 2.89. The van der Waals surface area contributed by atoms with Crippen molar-refractivity contribution in [3.63, 3.8) is 0 Å². The Morgan fingerprint density at radius 2 is 1.78 bits per heavy atom. The summed E-state index contributed by atoms with van der Waals surface area (Å²) in [5.74, 6) is 1.23. The van der Waals surface area contributed by atoms with E-state index in [0.29, 0.717) is 17.3 Å². The number of hydrogen-bond donors (Lipinski definition) is 3. The molecule has 0 aliphatic heterocycles. The summed E-state index contributed by atoms with van der Waals surface area (Å²) < 4.78 is 0. The molecule has 1 aromatic carbocycles. The first-order valence-electron chi connectivity index (χ1n) is 5.74. The van der Waals surface area contributed by atoms with E-state index in [2.05, 4.69) is 46.6 Å². The van der Waals surface area contributed by atoms with E-state index in [9.17, 15) is 0 Å². The van der Waals surface area contributed by atoms with E-state index in [4.69, 9.17) is 5.73 Å². The first-order chi connectivity index (χ1) is 8.61. The minimum Gasteiger partial charge on any atom is -0.393 e. The van der Waals surface area contributed by atoms with Gasteiger partial charge in [0.25, 0.3) is 0 Å². The highest BCUT2D eigenvalue weighted by Gasteiger charge is 2.07. The molecule has 0 bridgehead atoms. The normalized spacial score (nSPS) is 10.2. The molecule has 0 amide bonds. The van der Waals surface area contributed by atoms with E-state index in [1.165, 1.54) is 17.5 Å². The molecule has 0 aliphatic rings. The van der Waals surface area contributed by atoms with Gasteiger partial charge in [0.2, 0.25) is 0 Å². The van der Waals surface area contributed by atoms with Crippen LogP contribution in [0.4, 0.5) is 23.0 Å². The average Bonchev–Trinajstić information content (AvgIpc) is 2.36. The van der Waals surface area contributed by atoms with Gasteiger partial charge in [-0.15, -0.1) is 0 Å². The molecule has 0 fully saturated rings. The summed E-state index contributed by atoms with van der Waals surface area (Å²) in [6.07, 6.45) is 1.48. The third-order valence-corrected chi connectivity index (χ3v) is 2.89. The van der Waals surface area contributed by atoms with Gasteiger partial charge >= 0.3 is 0 Å². The molecule has 5 nitrogen and oxygen atoms in total. The molecule has 5 heteroatoms. The highest BCUT2D eigenvalue weighted by Crippen LogP contribution is 2.26. The molecule has 94 valence electrons. The van der Waals surface area contributed by atoms with E-state index in [-0.39, 0.29) is 0 Å². The zero-order valence-electron chi connectivity index (χ0n) is 10.8. The minimum absolute atomic E-state index is 0.512. The number of nitrogen functional groups attached to an aromatic ring is 1. The fraction of sp³-hybridized carbons (Fsp3) is 0.231. The number of nitrogens with one attached hydrogen (secondary N) is 2. The van der Waals surface area contributed by atoms with E-state index >= 15 is 0 Å². The number of benzene rings is 1. The summed E-state index contributed by atoms with van der Waals surface area (Å²) in [5, 5.41) is 6.12. The van der Waals surface area contributed by atoms with Crippen LogP contribution in [-0.4, -0.2) is 17.0 Å². The topological polar surface area (TPSA) is 75.9 Å². The first kappa shape index (κ1) is 12.2. The lowest BCUT2D eigenvalue weighted by Crippen LogP contribution is -2.05. The van der Waals surface area contributed by atoms with E-state index in [1.807, 2.05) is 6.07 Å². The summed E-state index contributed by atoms with van der Waals surface area (Å²) in [5.41, 5.74) is 9.92. The average molecular weight is 243 g/mol. The van der Waals surface area contributed by atoms with Gasteiger partial charge in [0.15, 0.2) is 11.6 Å². The third kappa shape index (κ3) is 2.34. The summed E-state index contributed by atoms with van der Waals surface area (Å²) in [7, 11) is 1.78. The van der Waals surface area contributed by atoms with Crippen LogP contribution in [0.3, 0.4) is 0 Å². The van der Waals surface area contributed by atoms with Gasteiger partial charge < -0.3 is 16.4 Å². The van der Waals surface area contributed by atoms with Crippen LogP contribution in [0.2, 0.25) is 0 Å². The number of nitrogens with two attached hydrogens (primary N) is 1. The van der Waals surface area contributed by atoms with Gasteiger partial charge in [-0.3, -0.25) is 0 Å². The van der Waals surface area contributed by atoms with Crippen LogP contribution >= 0.6 is 0 Å². The Morgan fingerprint density at radius 3 is 2.44 bits per heavy atom. The van der Waals surface area contributed by atoms with Gasteiger partial charge in [-0.25, -0.2) is 9.97 Å². The highest BCUT2D eigenvalue weighted by atomic mass is 15.1. The largest absolute Gasteiger partial charge is 0.393 e. The molecular formula is C13H17N5. The molecule has 0 unspecified atom stereocenters. The fourth-order valence-corrected chi connectivity index (χ4v) is 1.65. The molecule has 0 saturated heterocycles. The van der Waals surface area contributed by atoms with Gasteiger partial charge in [-0.1, -0.05) is 6.07 Å². The first-order valence-corrected chi connectivity index (χ1v) is 5.74. The van der Waals surface area contributed by atoms with Crippen molar-refractivity contribution >= 4 is 23.0 Å². The smallest absolute Gasteiger partial charge is 0.159 e. The predicted molar refractivity (Wildman–Crippen MR) is 75.2 cm³/mol. The molecular weight excluding hydrogens is 226 g/mol. The standard InChI is InChI=1S/C13H17N5/c1-8-4-5-10(6-9(8)2)18-13-11(14)12(15-3)16-7-17-13/h4-7H,14H2,1-3H3,(H2,15,16,17,18). The van der Waals surface area contributed by atoms with Gasteiger partial charge in [-0.2, -0.15) is 0 Å². The number of nitrogens with zero attached hydrogens (tertiary/aromatic N) is 2. The molecule has 2 rings (SSSR count). The van der Waals surface area contributed by atoms with Crippen molar-refractivity contribution in [2.75, 3.05) is 23.4 Å². The van der Waals surface area contributed by atoms with Crippen molar-refractivity contribution in [3.8, 4) is 0 Å². The number of aryl methyl sites for hydroxylation is 2. The molecule has 1 heterocycles. The van der Waals surface area contributed by atoms with Crippen LogP contribution in [0.25, 0.3) is 0 Å². The van der Waals surface area contributed by atoms with Crippen LogP contribution in [0.1, 0.15) is 11.1 Å². The summed E-state index contributed by atoms with van der Waals surface area (Å²) >= 11 is 0. The van der Waals surface area contributed by atoms with E-state index in [1.54, 1.807) is 7.05 Å². The van der Waals surface area contributed by atoms with Crippen molar-refractivity contribution in [1.82, 2.24) is 9.97 Å². The molecule has 1 aromatic heterocycles. The molecule has 0 spiro atoms. The summed E-state index contributed by atoms with van der Waals surface area (Å²) in [6.45, 7) is 4.15. The number of aromatic nitrogens is 2. The van der Waals surface area contributed by atoms with Gasteiger partial charge in [0.05, 0.1) is 0 Å². The zero-order valence-corrected chi connectivity index (χ0v) is 10.8. The minimum atomic E-state index is 0.512. The summed E-state index contributed by atoms with van der Waals surface area (Å²) in [4.78, 5) is 8.19. The second-order valence-electron chi connectivity index (χ2n) is 4.16. The molecule has 0 aliphatic carbocycles. The van der Waals surface area contributed by atoms with Crippen LogP contribution in [0, 0.1) is 13.8 Å². The van der Waals surface area contributed by atoms with Gasteiger partial charge in [0.1, 0.15) is 12.0 Å². The highest BCUT2D eigenvalue weighted by molar-refractivity contribution is 5.77. The lowest BCUT2D eigenvalue weighted by molar-refractivity contribution is 1.16. The molecule has 0 radical (unpaired) electrons. The molecule has 0 atom stereocenters. The number of hydrogen-bond acceptors (Lipinski definition) is 5. The Kier molecular flexibility index (Phi) is 3.32. The maximum atomic E-state index is 5.96. The number of anilines is 4. The van der Waals surface area contributed by atoms with Crippen molar-refractivity contribution in [3.05, 3.63) is 35.7 Å². The van der Waals surface area contributed by atoms with Crippen molar-refractivity contribution in [2.45, 2.75) is 13.8 Å². The Labute approximate surface area is 106 Å². The lowest BCUT2D eigenvalue weighted by Gasteiger charge is -2.11. The number of rotatable bonds is 3. The SMILES string of the molecule is CNc1ncnc(Nc2ccc(C)c(C)c2)c1N. The molecule has 4 N–H and O–H groups in total. The Bertz CT molecular complexity index is 565. The Morgan fingerprint density at radius 1 is 1.06 bits per heavy atom. The Balaban J connectivity index is 2.31. The summed E-state index contributed by atoms with van der Waals surface area (Å²) in [6, 6.07) is 6.13. The van der Waals surface area contributed by atoms with E-state index in [0.717, 1.165) is 5.69 Å². The molecule has 0 saturated carbocycles. The van der Waals surface area contributed by atoms with Gasteiger partial charge in [-0.05, 0) is 37.1 Å². The van der Waals surface area contributed by atoms with Gasteiger partial charge in [0, 0.05) is 12.7 Å². The maximum absolute atomic E-state index is 5.96. The zero-order chi connectivity index (χ0) is 13.1. The monoisotopic (exact) mass is 243 g/mol.